The van der Waals surface area contributed by atoms with Gasteiger partial charge in [-0.2, -0.15) is 0 Å². The van der Waals surface area contributed by atoms with E-state index in [1.54, 1.807) is 24.5 Å². The number of aromatic nitrogens is 2. The molecule has 2 heterocycles. The quantitative estimate of drug-likeness (QED) is 0.880. The summed E-state index contributed by atoms with van der Waals surface area (Å²) in [6.07, 6.45) is 4.43. The molecule has 0 spiro atoms. The van der Waals surface area contributed by atoms with E-state index in [4.69, 9.17) is 4.74 Å². The summed E-state index contributed by atoms with van der Waals surface area (Å²) in [5.41, 5.74) is 0.769. The molecule has 2 N–H and O–H groups in total. The van der Waals surface area contributed by atoms with Crippen molar-refractivity contribution in [3.63, 3.8) is 0 Å². The lowest BCUT2D eigenvalue weighted by atomic mass is 10.1. The van der Waals surface area contributed by atoms with Gasteiger partial charge in [0.15, 0.2) is 0 Å². The Labute approximate surface area is 140 Å². The number of nitrogens with one attached hydrogen (secondary N) is 2. The summed E-state index contributed by atoms with van der Waals surface area (Å²) in [6, 6.07) is 5.32. The first-order valence-electron chi connectivity index (χ1n) is 7.98. The fourth-order valence-electron chi connectivity index (χ4n) is 2.77. The number of rotatable bonds is 5. The van der Waals surface area contributed by atoms with Gasteiger partial charge in [0.2, 0.25) is 0 Å². The normalized spacial score (nSPS) is 18.3. The number of carbonyl (C=O) groups is 1. The number of amides is 2. The van der Waals surface area contributed by atoms with Crippen LogP contribution in [0.3, 0.4) is 0 Å². The smallest absolute Gasteiger partial charge is 0.315 e. The van der Waals surface area contributed by atoms with Gasteiger partial charge in [-0.05, 0) is 24.1 Å². The third kappa shape index (κ3) is 3.91. The molecular weight excluding hydrogens is 311 g/mol. The minimum absolute atomic E-state index is 0.278. The van der Waals surface area contributed by atoms with Crippen LogP contribution < -0.4 is 10.6 Å². The van der Waals surface area contributed by atoms with Crippen molar-refractivity contribution >= 4 is 6.03 Å². The highest BCUT2D eigenvalue weighted by atomic mass is 19.1. The van der Waals surface area contributed by atoms with E-state index in [1.165, 1.54) is 12.1 Å². The Bertz CT molecular complexity index is 680. The minimum Gasteiger partial charge on any atom is -0.381 e. The van der Waals surface area contributed by atoms with Crippen LogP contribution in [-0.2, 0) is 11.8 Å². The molecule has 2 amide bonds. The van der Waals surface area contributed by atoms with Gasteiger partial charge in [-0.15, -0.1) is 0 Å². The van der Waals surface area contributed by atoms with Gasteiger partial charge in [0.05, 0.1) is 6.61 Å². The van der Waals surface area contributed by atoms with E-state index in [-0.39, 0.29) is 11.8 Å². The summed E-state index contributed by atoms with van der Waals surface area (Å²) >= 11 is 0. The van der Waals surface area contributed by atoms with Gasteiger partial charge in [0.1, 0.15) is 17.7 Å². The first kappa shape index (κ1) is 16.4. The molecule has 6 nitrogen and oxygen atoms in total. The van der Waals surface area contributed by atoms with Crippen molar-refractivity contribution in [3.05, 3.63) is 53.9 Å². The number of nitrogens with zero attached hydrogens (tertiary/aromatic N) is 2. The molecule has 2 unspecified atom stereocenters. The Morgan fingerprint density at radius 1 is 1.46 bits per heavy atom. The van der Waals surface area contributed by atoms with E-state index in [0.717, 1.165) is 18.6 Å². The fourth-order valence-corrected chi connectivity index (χ4v) is 2.77. The Morgan fingerprint density at radius 2 is 2.25 bits per heavy atom. The second kappa shape index (κ2) is 7.44. The van der Waals surface area contributed by atoms with Gasteiger partial charge in [-0.25, -0.2) is 14.2 Å². The van der Waals surface area contributed by atoms with Crippen LogP contribution in [0, 0.1) is 11.7 Å². The molecule has 1 aromatic carbocycles. The van der Waals surface area contributed by atoms with Crippen LogP contribution >= 0.6 is 0 Å². The van der Waals surface area contributed by atoms with Gasteiger partial charge in [0.25, 0.3) is 0 Å². The second-order valence-electron chi connectivity index (χ2n) is 5.96. The summed E-state index contributed by atoms with van der Waals surface area (Å²) in [7, 11) is 1.86. The second-order valence-corrected chi connectivity index (χ2v) is 5.96. The Kier molecular flexibility index (Phi) is 5.10. The van der Waals surface area contributed by atoms with Crippen molar-refractivity contribution in [1.82, 2.24) is 20.2 Å². The number of carbonyl (C=O) groups excluding carboxylic acids is 1. The maximum absolute atomic E-state index is 13.2. The molecule has 1 aliphatic heterocycles. The highest BCUT2D eigenvalue weighted by Crippen LogP contribution is 2.20. The molecule has 3 rings (SSSR count). The molecule has 1 aromatic heterocycles. The predicted octanol–water partition coefficient (Wildman–Crippen LogP) is 1.98. The number of urea groups is 1. The van der Waals surface area contributed by atoms with Gasteiger partial charge in [0, 0.05) is 38.5 Å². The van der Waals surface area contributed by atoms with Crippen molar-refractivity contribution in [3.8, 4) is 0 Å². The van der Waals surface area contributed by atoms with Crippen molar-refractivity contribution in [2.45, 2.75) is 12.5 Å². The van der Waals surface area contributed by atoms with Gasteiger partial charge < -0.3 is 19.9 Å². The lowest BCUT2D eigenvalue weighted by Crippen LogP contribution is -2.41. The summed E-state index contributed by atoms with van der Waals surface area (Å²) in [4.78, 5) is 16.6. The standard InChI is InChI=1S/C17H21FN4O2/c1-22-8-7-19-16(22)15(13-2-4-14(18)5-3-13)21-17(23)20-10-12-6-9-24-11-12/h2-5,7-8,12,15H,6,9-11H2,1H3,(H2,20,21,23). The molecular formula is C17H21FN4O2. The zero-order valence-corrected chi connectivity index (χ0v) is 13.5. The molecule has 0 saturated carbocycles. The van der Waals surface area contributed by atoms with Crippen LogP contribution in [0.4, 0.5) is 9.18 Å². The maximum Gasteiger partial charge on any atom is 0.315 e. The number of halogens is 1. The monoisotopic (exact) mass is 332 g/mol. The van der Waals surface area contributed by atoms with E-state index in [1.807, 2.05) is 11.6 Å². The third-order valence-electron chi connectivity index (χ3n) is 4.17. The number of hydrogen-bond donors (Lipinski definition) is 2. The molecule has 1 saturated heterocycles. The summed E-state index contributed by atoms with van der Waals surface area (Å²) in [6.45, 7) is 2.00. The lowest BCUT2D eigenvalue weighted by Gasteiger charge is -2.20. The van der Waals surface area contributed by atoms with Gasteiger partial charge in [-0.3, -0.25) is 0 Å². The van der Waals surface area contributed by atoms with Gasteiger partial charge in [-0.1, -0.05) is 12.1 Å². The van der Waals surface area contributed by atoms with E-state index in [2.05, 4.69) is 15.6 Å². The predicted molar refractivity (Wildman–Crippen MR) is 86.9 cm³/mol. The molecule has 2 atom stereocenters. The van der Waals surface area contributed by atoms with Crippen LogP contribution in [-0.4, -0.2) is 35.3 Å². The van der Waals surface area contributed by atoms with E-state index < -0.39 is 6.04 Å². The number of benzene rings is 1. The molecule has 128 valence electrons. The Morgan fingerprint density at radius 3 is 2.88 bits per heavy atom. The molecule has 1 aliphatic rings. The lowest BCUT2D eigenvalue weighted by molar-refractivity contribution is 0.185. The van der Waals surface area contributed by atoms with Crippen LogP contribution in [0.15, 0.2) is 36.7 Å². The average molecular weight is 332 g/mol. The van der Waals surface area contributed by atoms with Gasteiger partial charge >= 0.3 is 6.03 Å². The molecule has 7 heteroatoms. The van der Waals surface area contributed by atoms with Crippen LogP contribution in [0.5, 0.6) is 0 Å². The number of ether oxygens (including phenoxy) is 1. The van der Waals surface area contributed by atoms with Crippen molar-refractivity contribution in [2.75, 3.05) is 19.8 Å². The number of hydrogen-bond acceptors (Lipinski definition) is 3. The molecule has 24 heavy (non-hydrogen) atoms. The van der Waals surface area contributed by atoms with Crippen molar-refractivity contribution < 1.29 is 13.9 Å². The van der Waals surface area contributed by atoms with Crippen LogP contribution in [0.1, 0.15) is 23.9 Å². The highest BCUT2D eigenvalue weighted by Gasteiger charge is 2.22. The van der Waals surface area contributed by atoms with Crippen LogP contribution in [0.25, 0.3) is 0 Å². The molecule has 2 aromatic rings. The molecule has 1 fully saturated rings. The first-order valence-corrected chi connectivity index (χ1v) is 7.98. The summed E-state index contributed by atoms with van der Waals surface area (Å²) in [5, 5.41) is 5.80. The largest absolute Gasteiger partial charge is 0.381 e. The maximum atomic E-state index is 13.2. The minimum atomic E-state index is -0.453. The van der Waals surface area contributed by atoms with E-state index in [0.29, 0.717) is 24.9 Å². The van der Waals surface area contributed by atoms with E-state index >= 15 is 0 Å². The number of imidazole rings is 1. The van der Waals surface area contributed by atoms with Crippen molar-refractivity contribution in [2.24, 2.45) is 13.0 Å². The molecule has 0 radical (unpaired) electrons. The zero-order chi connectivity index (χ0) is 16.9. The summed E-state index contributed by atoms with van der Waals surface area (Å²) in [5.74, 6) is 0.720. The Hall–Kier alpha value is -2.41. The van der Waals surface area contributed by atoms with E-state index in [9.17, 15) is 9.18 Å². The van der Waals surface area contributed by atoms with Crippen LogP contribution in [0.2, 0.25) is 0 Å². The average Bonchev–Trinajstić information content (AvgIpc) is 3.23. The highest BCUT2D eigenvalue weighted by molar-refractivity contribution is 5.74. The van der Waals surface area contributed by atoms with Crippen molar-refractivity contribution in [1.29, 1.82) is 0 Å². The fraction of sp³-hybridized carbons (Fsp3) is 0.412. The molecule has 0 aliphatic carbocycles. The topological polar surface area (TPSA) is 68.2 Å². The Balaban J connectivity index is 1.71. The first-order chi connectivity index (χ1) is 11.6. The third-order valence-corrected chi connectivity index (χ3v) is 4.17. The molecule has 0 bridgehead atoms. The number of aryl methyl sites for hydroxylation is 1. The summed E-state index contributed by atoms with van der Waals surface area (Å²) < 4.78 is 20.3. The zero-order valence-electron chi connectivity index (χ0n) is 13.5. The SMILES string of the molecule is Cn1ccnc1C(NC(=O)NCC1CCOC1)c1ccc(F)cc1.